The van der Waals surface area contributed by atoms with Gasteiger partial charge in [-0.3, -0.25) is 0 Å². The van der Waals surface area contributed by atoms with Gasteiger partial charge in [-0.15, -0.1) is 0 Å². The number of rotatable bonds is 9. The molecule has 14 heavy (non-hydrogen) atoms. The summed E-state index contributed by atoms with van der Waals surface area (Å²) in [7, 11) is 0. The van der Waals surface area contributed by atoms with Gasteiger partial charge in [0.1, 0.15) is 0 Å². The van der Waals surface area contributed by atoms with Crippen molar-refractivity contribution in [2.24, 2.45) is 0 Å². The fourth-order valence-electron chi connectivity index (χ4n) is 1.21. The zero-order valence-electron chi connectivity index (χ0n) is 9.29. The highest BCUT2D eigenvalue weighted by Gasteiger charge is 2.09. The summed E-state index contributed by atoms with van der Waals surface area (Å²) in [6.07, 6.45) is 6.53. The highest BCUT2D eigenvalue weighted by Crippen LogP contribution is 2.05. The molecular weight excluding hydrogens is 180 g/mol. The van der Waals surface area contributed by atoms with E-state index in [-0.39, 0.29) is 0 Å². The Hall–Kier alpha value is -0.570. The van der Waals surface area contributed by atoms with Crippen LogP contribution in [0.1, 0.15) is 52.4 Å². The van der Waals surface area contributed by atoms with Gasteiger partial charge in [-0.1, -0.05) is 39.0 Å². The predicted molar refractivity (Wildman–Crippen MR) is 56.4 cm³/mol. The van der Waals surface area contributed by atoms with Crippen LogP contribution in [-0.4, -0.2) is 23.8 Å². The Labute approximate surface area is 86.5 Å². The molecule has 0 aliphatic rings. The monoisotopic (exact) mass is 202 g/mol. The lowest BCUT2D eigenvalue weighted by molar-refractivity contribution is -0.149. The molecule has 0 aromatic heterocycles. The van der Waals surface area contributed by atoms with Gasteiger partial charge in [0.25, 0.3) is 0 Å². The van der Waals surface area contributed by atoms with Gasteiger partial charge in [0.2, 0.25) is 0 Å². The first-order valence-electron chi connectivity index (χ1n) is 5.53. The van der Waals surface area contributed by atoms with Crippen molar-refractivity contribution in [2.75, 3.05) is 6.61 Å². The number of carboxylic acids is 1. The van der Waals surface area contributed by atoms with Crippen LogP contribution in [0, 0.1) is 0 Å². The largest absolute Gasteiger partial charge is 0.479 e. The smallest absolute Gasteiger partial charge is 0.332 e. The van der Waals surface area contributed by atoms with Crippen molar-refractivity contribution in [1.29, 1.82) is 0 Å². The van der Waals surface area contributed by atoms with Gasteiger partial charge in [-0.05, 0) is 13.3 Å². The SMILES string of the molecule is CCCCCCCCO[C@H](C)C(=O)O. The van der Waals surface area contributed by atoms with E-state index in [0.717, 1.165) is 12.8 Å². The average Bonchev–Trinajstić information content (AvgIpc) is 2.16. The molecule has 0 aromatic carbocycles. The average molecular weight is 202 g/mol. The zero-order chi connectivity index (χ0) is 10.8. The van der Waals surface area contributed by atoms with Crippen LogP contribution < -0.4 is 0 Å². The van der Waals surface area contributed by atoms with E-state index in [1.807, 2.05) is 0 Å². The first-order valence-corrected chi connectivity index (χ1v) is 5.53. The van der Waals surface area contributed by atoms with Crippen LogP contribution in [0.25, 0.3) is 0 Å². The third kappa shape index (κ3) is 8.05. The van der Waals surface area contributed by atoms with Crippen molar-refractivity contribution in [3.8, 4) is 0 Å². The summed E-state index contributed by atoms with van der Waals surface area (Å²) in [6.45, 7) is 4.33. The van der Waals surface area contributed by atoms with Crippen LogP contribution in [0.15, 0.2) is 0 Å². The van der Waals surface area contributed by atoms with E-state index in [1.165, 1.54) is 25.7 Å². The molecule has 0 amide bonds. The first kappa shape index (κ1) is 13.4. The molecular formula is C11H22O3. The van der Waals surface area contributed by atoms with Crippen molar-refractivity contribution >= 4 is 5.97 Å². The summed E-state index contributed by atoms with van der Waals surface area (Å²) in [5.41, 5.74) is 0. The Balaban J connectivity index is 3.09. The van der Waals surface area contributed by atoms with Crippen LogP contribution in [0.3, 0.4) is 0 Å². The summed E-state index contributed by atoms with van der Waals surface area (Å²) in [6, 6.07) is 0. The Morgan fingerprint density at radius 3 is 2.36 bits per heavy atom. The molecule has 0 fully saturated rings. The van der Waals surface area contributed by atoms with Crippen molar-refractivity contribution in [3.05, 3.63) is 0 Å². The lowest BCUT2D eigenvalue weighted by Gasteiger charge is -2.07. The number of ether oxygens (including phenoxy) is 1. The first-order chi connectivity index (χ1) is 6.68. The molecule has 84 valence electrons. The minimum Gasteiger partial charge on any atom is -0.479 e. The number of aliphatic carboxylic acids is 1. The van der Waals surface area contributed by atoms with E-state index < -0.39 is 12.1 Å². The van der Waals surface area contributed by atoms with Crippen LogP contribution in [-0.2, 0) is 9.53 Å². The number of unbranched alkanes of at least 4 members (excludes halogenated alkanes) is 5. The summed E-state index contributed by atoms with van der Waals surface area (Å²) >= 11 is 0. The molecule has 3 heteroatoms. The van der Waals surface area contributed by atoms with Crippen LogP contribution >= 0.6 is 0 Å². The van der Waals surface area contributed by atoms with Crippen LogP contribution in [0.5, 0.6) is 0 Å². The summed E-state index contributed by atoms with van der Waals surface area (Å²) in [5.74, 6) is -0.879. The normalized spacial score (nSPS) is 12.7. The lowest BCUT2D eigenvalue weighted by atomic mass is 10.1. The molecule has 0 aromatic rings. The van der Waals surface area contributed by atoms with Gasteiger partial charge in [0, 0.05) is 6.61 Å². The van der Waals surface area contributed by atoms with E-state index in [9.17, 15) is 4.79 Å². The maximum Gasteiger partial charge on any atom is 0.332 e. The predicted octanol–water partition coefficient (Wildman–Crippen LogP) is 2.84. The van der Waals surface area contributed by atoms with Crippen LogP contribution in [0.2, 0.25) is 0 Å². The van der Waals surface area contributed by atoms with Gasteiger partial charge in [0.05, 0.1) is 0 Å². The third-order valence-corrected chi connectivity index (χ3v) is 2.21. The maximum atomic E-state index is 10.4. The van der Waals surface area contributed by atoms with E-state index in [2.05, 4.69) is 6.92 Å². The third-order valence-electron chi connectivity index (χ3n) is 2.21. The lowest BCUT2D eigenvalue weighted by Crippen LogP contribution is -2.20. The molecule has 3 nitrogen and oxygen atoms in total. The summed E-state index contributed by atoms with van der Waals surface area (Å²) in [5, 5.41) is 8.53. The quantitative estimate of drug-likeness (QED) is 0.585. The van der Waals surface area contributed by atoms with E-state index >= 15 is 0 Å². The molecule has 0 saturated carbocycles. The molecule has 1 N–H and O–H groups in total. The number of carboxylic acid groups (broad SMARTS) is 1. The van der Waals surface area contributed by atoms with Gasteiger partial charge in [-0.2, -0.15) is 0 Å². The maximum absolute atomic E-state index is 10.4. The molecule has 0 spiro atoms. The molecule has 0 aliphatic heterocycles. The highest BCUT2D eigenvalue weighted by atomic mass is 16.5. The molecule has 0 radical (unpaired) electrons. The molecule has 0 heterocycles. The Morgan fingerprint density at radius 1 is 1.21 bits per heavy atom. The molecule has 1 atom stereocenters. The summed E-state index contributed by atoms with van der Waals surface area (Å²) in [4.78, 5) is 10.4. The van der Waals surface area contributed by atoms with Crippen molar-refractivity contribution in [2.45, 2.75) is 58.5 Å². The second-order valence-corrected chi connectivity index (χ2v) is 3.62. The standard InChI is InChI=1S/C11H22O3/c1-3-4-5-6-7-8-9-14-10(2)11(12)13/h10H,3-9H2,1-2H3,(H,12,13)/t10-/m1/s1. The van der Waals surface area contributed by atoms with Crippen molar-refractivity contribution in [3.63, 3.8) is 0 Å². The van der Waals surface area contributed by atoms with Gasteiger partial charge in [-0.25, -0.2) is 4.79 Å². The minimum atomic E-state index is -0.879. The number of carbonyl (C=O) groups is 1. The van der Waals surface area contributed by atoms with Crippen molar-refractivity contribution in [1.82, 2.24) is 0 Å². The number of hydrogen-bond acceptors (Lipinski definition) is 2. The van der Waals surface area contributed by atoms with E-state index in [1.54, 1.807) is 6.92 Å². The van der Waals surface area contributed by atoms with E-state index in [4.69, 9.17) is 9.84 Å². The fourth-order valence-corrected chi connectivity index (χ4v) is 1.21. The molecule has 0 rings (SSSR count). The topological polar surface area (TPSA) is 46.5 Å². The Kier molecular flexibility index (Phi) is 8.64. The van der Waals surface area contributed by atoms with Gasteiger partial charge >= 0.3 is 5.97 Å². The molecule has 0 bridgehead atoms. The van der Waals surface area contributed by atoms with Crippen LogP contribution in [0.4, 0.5) is 0 Å². The molecule has 0 saturated heterocycles. The molecule has 0 unspecified atom stereocenters. The Bertz CT molecular complexity index is 145. The van der Waals surface area contributed by atoms with Gasteiger partial charge < -0.3 is 9.84 Å². The van der Waals surface area contributed by atoms with Gasteiger partial charge in [0.15, 0.2) is 6.10 Å². The minimum absolute atomic E-state index is 0.569. The summed E-state index contributed by atoms with van der Waals surface area (Å²) < 4.78 is 5.11. The zero-order valence-corrected chi connectivity index (χ0v) is 9.29. The fraction of sp³-hybridized carbons (Fsp3) is 0.909. The van der Waals surface area contributed by atoms with E-state index in [0.29, 0.717) is 6.61 Å². The second kappa shape index (κ2) is 9.00. The van der Waals surface area contributed by atoms with Crippen molar-refractivity contribution < 1.29 is 14.6 Å². The molecule has 0 aliphatic carbocycles. The second-order valence-electron chi connectivity index (χ2n) is 3.62. The Morgan fingerprint density at radius 2 is 1.79 bits per heavy atom. The number of hydrogen-bond donors (Lipinski definition) is 1. The highest BCUT2D eigenvalue weighted by molar-refractivity contribution is 5.71.